The van der Waals surface area contributed by atoms with Gasteiger partial charge in [0.15, 0.2) is 0 Å². The summed E-state index contributed by atoms with van der Waals surface area (Å²) in [6.07, 6.45) is 4.34. The minimum absolute atomic E-state index is 0.650. The Bertz CT molecular complexity index is 439. The van der Waals surface area contributed by atoms with Gasteiger partial charge in [0, 0.05) is 32.7 Å². The first-order valence-corrected chi connectivity index (χ1v) is 7.45. The number of nitrogens with zero attached hydrogens (tertiary/aromatic N) is 1. The van der Waals surface area contributed by atoms with Gasteiger partial charge < -0.3 is 10.1 Å². The van der Waals surface area contributed by atoms with E-state index < -0.39 is 0 Å². The van der Waals surface area contributed by atoms with E-state index >= 15 is 0 Å². The zero-order valence-electron chi connectivity index (χ0n) is 12.9. The highest BCUT2D eigenvalue weighted by molar-refractivity contribution is 5.43. The molecule has 20 heavy (non-hydrogen) atoms. The normalized spacial score (nSPS) is 16.8. The topological polar surface area (TPSA) is 24.5 Å². The highest BCUT2D eigenvalue weighted by Gasteiger charge is 2.07. The summed E-state index contributed by atoms with van der Waals surface area (Å²) in [5, 5.41) is 3.36. The van der Waals surface area contributed by atoms with Crippen molar-refractivity contribution < 1.29 is 4.74 Å². The molecule has 1 N–H and O–H groups in total. The molecule has 0 amide bonds. The second kappa shape index (κ2) is 7.46. The van der Waals surface area contributed by atoms with Crippen LogP contribution in [0.25, 0.3) is 0 Å². The van der Waals surface area contributed by atoms with Crippen molar-refractivity contribution in [1.82, 2.24) is 10.2 Å². The van der Waals surface area contributed by atoms with Crippen molar-refractivity contribution in [3.63, 3.8) is 0 Å². The second-order valence-corrected chi connectivity index (χ2v) is 5.56. The number of hydrogen-bond acceptors (Lipinski definition) is 3. The van der Waals surface area contributed by atoms with Crippen LogP contribution in [0.5, 0.6) is 5.75 Å². The predicted octanol–water partition coefficient (Wildman–Crippen LogP) is 2.45. The van der Waals surface area contributed by atoms with Crippen molar-refractivity contribution in [3.8, 4) is 5.75 Å². The highest BCUT2D eigenvalue weighted by atomic mass is 16.5. The molecule has 1 fully saturated rings. The van der Waals surface area contributed by atoms with Crippen LogP contribution in [0.15, 0.2) is 24.3 Å². The molecular formula is C17H26N2O. The van der Waals surface area contributed by atoms with Gasteiger partial charge in [-0.2, -0.15) is 0 Å². The number of rotatable bonds is 5. The molecular weight excluding hydrogens is 248 g/mol. The minimum Gasteiger partial charge on any atom is -0.489 e. The van der Waals surface area contributed by atoms with E-state index in [1.165, 1.54) is 16.7 Å². The van der Waals surface area contributed by atoms with E-state index in [1.807, 2.05) is 0 Å². The summed E-state index contributed by atoms with van der Waals surface area (Å²) in [6, 6.07) is 4.35. The fourth-order valence-electron chi connectivity index (χ4n) is 2.71. The Balaban J connectivity index is 1.78. The van der Waals surface area contributed by atoms with E-state index in [9.17, 15) is 0 Å². The SMILES string of the molecule is Cc1cc(C)c(OC/C=C/CN2CCNCC2)c(C)c1. The third-order valence-electron chi connectivity index (χ3n) is 3.67. The van der Waals surface area contributed by atoms with E-state index in [0.29, 0.717) is 6.61 Å². The first kappa shape index (κ1) is 15.1. The van der Waals surface area contributed by atoms with E-state index in [2.05, 4.69) is 55.3 Å². The first-order chi connectivity index (χ1) is 9.66. The summed E-state index contributed by atoms with van der Waals surface area (Å²) < 4.78 is 5.89. The van der Waals surface area contributed by atoms with Crippen molar-refractivity contribution in [1.29, 1.82) is 0 Å². The Hall–Kier alpha value is -1.32. The molecule has 1 saturated heterocycles. The number of piperazine rings is 1. The van der Waals surface area contributed by atoms with Crippen LogP contribution in [0, 0.1) is 20.8 Å². The van der Waals surface area contributed by atoms with Gasteiger partial charge in [0.2, 0.25) is 0 Å². The molecule has 0 saturated carbocycles. The van der Waals surface area contributed by atoms with E-state index in [4.69, 9.17) is 4.74 Å². The molecule has 0 radical (unpaired) electrons. The summed E-state index contributed by atoms with van der Waals surface area (Å²) in [6.45, 7) is 12.5. The summed E-state index contributed by atoms with van der Waals surface area (Å²) in [4.78, 5) is 2.45. The molecule has 1 aromatic carbocycles. The highest BCUT2D eigenvalue weighted by Crippen LogP contribution is 2.24. The molecule has 0 aliphatic carbocycles. The lowest BCUT2D eigenvalue weighted by atomic mass is 10.1. The Morgan fingerprint density at radius 2 is 1.75 bits per heavy atom. The molecule has 3 nitrogen and oxygen atoms in total. The summed E-state index contributed by atoms with van der Waals surface area (Å²) in [5.74, 6) is 1.03. The van der Waals surface area contributed by atoms with E-state index in [1.54, 1.807) is 0 Å². The fraction of sp³-hybridized carbons (Fsp3) is 0.529. The lowest BCUT2D eigenvalue weighted by Crippen LogP contribution is -2.43. The molecule has 1 aromatic rings. The van der Waals surface area contributed by atoms with Crippen LogP contribution in [-0.4, -0.2) is 44.2 Å². The predicted molar refractivity (Wildman–Crippen MR) is 84.6 cm³/mol. The molecule has 2 rings (SSSR count). The molecule has 1 aliphatic rings. The van der Waals surface area contributed by atoms with Gasteiger partial charge >= 0.3 is 0 Å². The number of ether oxygens (including phenoxy) is 1. The maximum absolute atomic E-state index is 5.89. The number of nitrogens with one attached hydrogen (secondary N) is 1. The Labute approximate surface area is 122 Å². The van der Waals surface area contributed by atoms with Gasteiger partial charge in [0.05, 0.1) is 0 Å². The van der Waals surface area contributed by atoms with Gasteiger partial charge in [-0.05, 0) is 31.9 Å². The number of benzene rings is 1. The molecule has 0 aromatic heterocycles. The van der Waals surface area contributed by atoms with Crippen LogP contribution >= 0.6 is 0 Å². The van der Waals surface area contributed by atoms with Gasteiger partial charge in [-0.1, -0.05) is 29.8 Å². The number of aryl methyl sites for hydroxylation is 3. The van der Waals surface area contributed by atoms with Gasteiger partial charge in [-0.3, -0.25) is 4.90 Å². The maximum atomic E-state index is 5.89. The van der Waals surface area contributed by atoms with Crippen LogP contribution in [0.3, 0.4) is 0 Å². The lowest BCUT2D eigenvalue weighted by Gasteiger charge is -2.25. The monoisotopic (exact) mass is 274 g/mol. The van der Waals surface area contributed by atoms with Crippen molar-refractivity contribution >= 4 is 0 Å². The molecule has 0 atom stereocenters. The zero-order valence-corrected chi connectivity index (χ0v) is 12.9. The largest absolute Gasteiger partial charge is 0.489 e. The average Bonchev–Trinajstić information content (AvgIpc) is 2.42. The van der Waals surface area contributed by atoms with Crippen LogP contribution < -0.4 is 10.1 Å². The molecule has 0 bridgehead atoms. The molecule has 110 valence electrons. The summed E-state index contributed by atoms with van der Waals surface area (Å²) >= 11 is 0. The van der Waals surface area contributed by atoms with E-state index in [-0.39, 0.29) is 0 Å². The first-order valence-electron chi connectivity index (χ1n) is 7.45. The van der Waals surface area contributed by atoms with Gasteiger partial charge in [0.1, 0.15) is 12.4 Å². The molecule has 0 unspecified atom stereocenters. The Kier molecular flexibility index (Phi) is 5.62. The van der Waals surface area contributed by atoms with Crippen molar-refractivity contribution in [2.45, 2.75) is 20.8 Å². The van der Waals surface area contributed by atoms with Gasteiger partial charge in [-0.25, -0.2) is 0 Å². The van der Waals surface area contributed by atoms with Crippen LogP contribution in [0.1, 0.15) is 16.7 Å². The smallest absolute Gasteiger partial charge is 0.125 e. The second-order valence-electron chi connectivity index (χ2n) is 5.56. The molecule has 1 aliphatic heterocycles. The maximum Gasteiger partial charge on any atom is 0.125 e. The molecule has 0 spiro atoms. The number of hydrogen-bond donors (Lipinski definition) is 1. The summed E-state index contributed by atoms with van der Waals surface area (Å²) in [5.41, 5.74) is 3.73. The molecule has 3 heteroatoms. The average molecular weight is 274 g/mol. The van der Waals surface area contributed by atoms with Gasteiger partial charge in [-0.15, -0.1) is 0 Å². The van der Waals surface area contributed by atoms with Gasteiger partial charge in [0.25, 0.3) is 0 Å². The van der Waals surface area contributed by atoms with Crippen LogP contribution in [0.4, 0.5) is 0 Å². The van der Waals surface area contributed by atoms with Crippen molar-refractivity contribution in [3.05, 3.63) is 41.0 Å². The Morgan fingerprint density at radius 3 is 2.40 bits per heavy atom. The van der Waals surface area contributed by atoms with Crippen molar-refractivity contribution in [2.24, 2.45) is 0 Å². The lowest BCUT2D eigenvalue weighted by molar-refractivity contribution is 0.264. The van der Waals surface area contributed by atoms with Crippen LogP contribution in [-0.2, 0) is 0 Å². The fourth-order valence-corrected chi connectivity index (χ4v) is 2.71. The van der Waals surface area contributed by atoms with Crippen LogP contribution in [0.2, 0.25) is 0 Å². The minimum atomic E-state index is 0.650. The third kappa shape index (κ3) is 4.36. The Morgan fingerprint density at radius 1 is 1.10 bits per heavy atom. The van der Waals surface area contributed by atoms with Crippen molar-refractivity contribution in [2.75, 3.05) is 39.3 Å². The van der Waals surface area contributed by atoms with E-state index in [0.717, 1.165) is 38.5 Å². The standard InChI is InChI=1S/C17H26N2O/c1-14-12-15(2)17(16(3)13-14)20-11-5-4-8-19-9-6-18-7-10-19/h4-5,12-13,18H,6-11H2,1-3H3/b5-4+. The molecule has 1 heterocycles. The zero-order chi connectivity index (χ0) is 14.4. The third-order valence-corrected chi connectivity index (χ3v) is 3.67. The summed E-state index contributed by atoms with van der Waals surface area (Å²) in [7, 11) is 0. The quantitative estimate of drug-likeness (QED) is 0.835.